The molecule has 0 bridgehead atoms. The van der Waals surface area contributed by atoms with E-state index in [0.717, 1.165) is 67.4 Å². The van der Waals surface area contributed by atoms with E-state index in [1.165, 1.54) is 16.3 Å². The van der Waals surface area contributed by atoms with Crippen LogP contribution in [-0.2, 0) is 16.0 Å². The molecule has 0 aliphatic heterocycles. The SMILES string of the molecule is CC(C)(C)OC(=O)NC1CCC(NC(=O)C(NCCc2cccc3ccccc23)C2=c3ccc(C(=N)N)cc3=CCCC2)CC1. The van der Waals surface area contributed by atoms with Gasteiger partial charge in [-0.1, -0.05) is 60.7 Å². The normalized spacial score (nSPS) is 19.0. The Labute approximate surface area is 266 Å². The minimum atomic E-state index is -0.537. The van der Waals surface area contributed by atoms with Crippen molar-refractivity contribution in [2.75, 3.05) is 6.54 Å². The molecule has 0 heterocycles. The standard InChI is InChI=1S/C37H47N5O3/c1-37(2,3)45-36(44)42-29-18-16-28(17-19-29)41-35(43)33(40-22-21-25-12-8-11-24-9-4-6-13-30(24)25)32-14-7-5-10-26-23-27(34(38)39)15-20-31(26)32/h4,6,8-13,15,20,23,28-29,33,40H,5,7,14,16-19,21-22H2,1-3H3,(H3,38,39)(H,41,43)(H,42,44). The van der Waals surface area contributed by atoms with Gasteiger partial charge in [-0.15, -0.1) is 0 Å². The molecule has 1 atom stereocenters. The van der Waals surface area contributed by atoms with Gasteiger partial charge < -0.3 is 26.4 Å². The second-order valence-corrected chi connectivity index (χ2v) is 13.3. The lowest BCUT2D eigenvalue weighted by Gasteiger charge is -2.32. The number of ether oxygens (including phenoxy) is 1. The van der Waals surface area contributed by atoms with Gasteiger partial charge in [0.1, 0.15) is 17.5 Å². The molecule has 6 N–H and O–H groups in total. The number of hydrogen-bond acceptors (Lipinski definition) is 5. The zero-order chi connectivity index (χ0) is 32.0. The molecule has 5 rings (SSSR count). The van der Waals surface area contributed by atoms with Gasteiger partial charge in [0, 0.05) is 24.2 Å². The van der Waals surface area contributed by atoms with Crippen molar-refractivity contribution in [2.45, 2.75) is 95.9 Å². The molecule has 2 aliphatic carbocycles. The number of amidine groups is 1. The largest absolute Gasteiger partial charge is 0.444 e. The van der Waals surface area contributed by atoms with Gasteiger partial charge in [0.05, 0.1) is 0 Å². The average molecular weight is 610 g/mol. The lowest BCUT2D eigenvalue weighted by atomic mass is 9.90. The number of nitrogens with one attached hydrogen (secondary N) is 4. The fourth-order valence-corrected chi connectivity index (χ4v) is 6.55. The van der Waals surface area contributed by atoms with Crippen LogP contribution in [0.25, 0.3) is 22.4 Å². The number of nitrogens with two attached hydrogens (primary N) is 1. The first-order valence-corrected chi connectivity index (χ1v) is 16.2. The molecule has 0 radical (unpaired) electrons. The van der Waals surface area contributed by atoms with E-state index < -0.39 is 17.7 Å². The van der Waals surface area contributed by atoms with Crippen LogP contribution in [0.2, 0.25) is 0 Å². The second kappa shape index (κ2) is 14.3. The van der Waals surface area contributed by atoms with Crippen LogP contribution in [0.1, 0.15) is 76.8 Å². The lowest BCUT2D eigenvalue weighted by molar-refractivity contribution is -0.122. The summed E-state index contributed by atoms with van der Waals surface area (Å²) >= 11 is 0. The number of nitrogen functional groups attached to an aromatic ring is 1. The average Bonchev–Trinajstić information content (AvgIpc) is 3.21. The van der Waals surface area contributed by atoms with E-state index in [0.29, 0.717) is 12.1 Å². The number of alkyl carbamates (subject to hydrolysis) is 1. The number of fused-ring (bicyclic) bond motifs is 2. The molecule has 8 heteroatoms. The molecule has 0 aromatic heterocycles. The van der Waals surface area contributed by atoms with E-state index in [1.807, 2.05) is 39.0 Å². The van der Waals surface area contributed by atoms with E-state index >= 15 is 0 Å². The first-order chi connectivity index (χ1) is 21.6. The third-order valence-corrected chi connectivity index (χ3v) is 8.75. The Morgan fingerprint density at radius 3 is 2.42 bits per heavy atom. The summed E-state index contributed by atoms with van der Waals surface area (Å²) < 4.78 is 5.43. The van der Waals surface area contributed by atoms with Crippen molar-refractivity contribution in [1.29, 1.82) is 5.41 Å². The minimum Gasteiger partial charge on any atom is -0.444 e. The summed E-state index contributed by atoms with van der Waals surface area (Å²) in [6.07, 6.45) is 8.38. The highest BCUT2D eigenvalue weighted by Gasteiger charge is 2.29. The highest BCUT2D eigenvalue weighted by Crippen LogP contribution is 2.22. The molecule has 1 unspecified atom stereocenters. The third-order valence-electron chi connectivity index (χ3n) is 8.75. The second-order valence-electron chi connectivity index (χ2n) is 13.3. The van der Waals surface area contributed by atoms with Gasteiger partial charge in [-0.2, -0.15) is 0 Å². The summed E-state index contributed by atoms with van der Waals surface area (Å²) in [5.74, 6) is 0.0197. The summed E-state index contributed by atoms with van der Waals surface area (Å²) in [4.78, 5) is 26.4. The number of carbonyl (C=O) groups excluding carboxylic acids is 2. The number of amides is 2. The Morgan fingerprint density at radius 1 is 0.978 bits per heavy atom. The van der Waals surface area contributed by atoms with Gasteiger partial charge in [0.2, 0.25) is 5.91 Å². The van der Waals surface area contributed by atoms with Crippen molar-refractivity contribution in [2.24, 2.45) is 5.73 Å². The lowest BCUT2D eigenvalue weighted by Crippen LogP contribution is -2.52. The molecule has 8 nitrogen and oxygen atoms in total. The van der Waals surface area contributed by atoms with Crippen LogP contribution >= 0.6 is 0 Å². The number of benzene rings is 3. The third kappa shape index (κ3) is 8.51. The molecule has 1 fully saturated rings. The number of rotatable bonds is 9. The zero-order valence-corrected chi connectivity index (χ0v) is 26.7. The molecule has 0 spiro atoms. The van der Waals surface area contributed by atoms with Gasteiger partial charge >= 0.3 is 6.09 Å². The van der Waals surface area contributed by atoms with E-state index in [4.69, 9.17) is 15.9 Å². The van der Waals surface area contributed by atoms with E-state index in [1.54, 1.807) is 0 Å². The Bertz CT molecular complexity index is 1660. The first-order valence-electron chi connectivity index (χ1n) is 16.2. The minimum absolute atomic E-state index is 0.0186. The molecule has 3 aromatic carbocycles. The monoisotopic (exact) mass is 609 g/mol. The first kappa shape index (κ1) is 32.2. The maximum atomic E-state index is 14.1. The maximum Gasteiger partial charge on any atom is 0.407 e. The van der Waals surface area contributed by atoms with Gasteiger partial charge in [-0.3, -0.25) is 10.2 Å². The van der Waals surface area contributed by atoms with Crippen LogP contribution in [-0.4, -0.2) is 48.1 Å². The van der Waals surface area contributed by atoms with Crippen molar-refractivity contribution in [3.8, 4) is 0 Å². The van der Waals surface area contributed by atoms with Crippen LogP contribution in [0, 0.1) is 5.41 Å². The predicted octanol–water partition coefficient (Wildman–Crippen LogP) is 4.39. The molecule has 2 aliphatic rings. The zero-order valence-electron chi connectivity index (χ0n) is 26.7. The topological polar surface area (TPSA) is 129 Å². The van der Waals surface area contributed by atoms with Crippen molar-refractivity contribution < 1.29 is 14.3 Å². The summed E-state index contributed by atoms with van der Waals surface area (Å²) in [6, 6.07) is 20.2. The van der Waals surface area contributed by atoms with Crippen molar-refractivity contribution in [3.05, 3.63) is 82.2 Å². The molecular weight excluding hydrogens is 562 g/mol. The fourth-order valence-electron chi connectivity index (χ4n) is 6.55. The molecule has 45 heavy (non-hydrogen) atoms. The highest BCUT2D eigenvalue weighted by atomic mass is 16.6. The van der Waals surface area contributed by atoms with Crippen molar-refractivity contribution in [1.82, 2.24) is 16.0 Å². The molecular formula is C37H47N5O3. The molecule has 3 aromatic rings. The summed E-state index contributed by atoms with van der Waals surface area (Å²) in [5, 5.41) is 22.4. The van der Waals surface area contributed by atoms with Gasteiger partial charge in [0.15, 0.2) is 0 Å². The van der Waals surface area contributed by atoms with Crippen LogP contribution in [0.4, 0.5) is 4.79 Å². The summed E-state index contributed by atoms with van der Waals surface area (Å²) in [7, 11) is 0. The molecule has 238 valence electrons. The van der Waals surface area contributed by atoms with Crippen LogP contribution in [0.3, 0.4) is 0 Å². The number of hydrogen-bond donors (Lipinski definition) is 5. The smallest absolute Gasteiger partial charge is 0.407 e. The van der Waals surface area contributed by atoms with Gasteiger partial charge in [0.25, 0.3) is 0 Å². The number of carbonyl (C=O) groups is 2. The highest BCUT2D eigenvalue weighted by molar-refractivity contribution is 5.95. The van der Waals surface area contributed by atoms with Crippen LogP contribution in [0.5, 0.6) is 0 Å². The molecule has 1 saturated carbocycles. The van der Waals surface area contributed by atoms with Crippen LogP contribution < -0.4 is 32.1 Å². The predicted molar refractivity (Wildman–Crippen MR) is 181 cm³/mol. The van der Waals surface area contributed by atoms with Gasteiger partial charge in [-0.25, -0.2) is 4.79 Å². The van der Waals surface area contributed by atoms with E-state index in [2.05, 4.69) is 64.5 Å². The fraction of sp³-hybridized carbons (Fsp3) is 0.432. The van der Waals surface area contributed by atoms with Crippen molar-refractivity contribution in [3.63, 3.8) is 0 Å². The molecule has 2 amide bonds. The van der Waals surface area contributed by atoms with E-state index in [9.17, 15) is 9.59 Å². The van der Waals surface area contributed by atoms with E-state index in [-0.39, 0.29) is 23.8 Å². The Kier molecular flexibility index (Phi) is 10.2. The van der Waals surface area contributed by atoms with Crippen LogP contribution in [0.15, 0.2) is 60.7 Å². The van der Waals surface area contributed by atoms with Gasteiger partial charge in [-0.05, 0) is 111 Å². The maximum absolute atomic E-state index is 14.1. The summed E-state index contributed by atoms with van der Waals surface area (Å²) in [6.45, 7) is 6.22. The Hall–Kier alpha value is -4.17. The Morgan fingerprint density at radius 2 is 1.69 bits per heavy atom. The Balaban J connectivity index is 1.34. The van der Waals surface area contributed by atoms with Crippen molar-refractivity contribution >= 4 is 40.3 Å². The quantitative estimate of drug-likeness (QED) is 0.182. The summed E-state index contributed by atoms with van der Waals surface area (Å²) in [5.41, 5.74) is 8.29. The molecule has 0 saturated heterocycles.